The number of alkyl halides is 3. The van der Waals surface area contributed by atoms with E-state index in [9.17, 15) is 13.2 Å². The van der Waals surface area contributed by atoms with Crippen LogP contribution in [0.15, 0.2) is 52.2 Å². The maximum absolute atomic E-state index is 12.5. The molecule has 0 aromatic heterocycles. The molecule has 9 heteroatoms. The lowest BCUT2D eigenvalue weighted by Gasteiger charge is -2.24. The van der Waals surface area contributed by atoms with Crippen molar-refractivity contribution in [1.82, 2.24) is 5.01 Å². The summed E-state index contributed by atoms with van der Waals surface area (Å²) in [5.74, 6) is 5.51. The SMILES string of the molecule is CC#CCO\N=C(OCCN(/N=C(/C)CC)C(C)C)/C(C)=C/C(=C\C)c1ccc(OC(F)(F)F)cc1. The lowest BCUT2D eigenvalue weighted by atomic mass is 10.0. The van der Waals surface area contributed by atoms with Crippen LogP contribution >= 0.6 is 0 Å². The fourth-order valence-corrected chi connectivity index (χ4v) is 2.83. The third kappa shape index (κ3) is 11.8. The fraction of sp³-hybridized carbons (Fsp3) is 0.481. The minimum atomic E-state index is -4.74. The van der Waals surface area contributed by atoms with Gasteiger partial charge in [-0.2, -0.15) is 5.10 Å². The van der Waals surface area contributed by atoms with Gasteiger partial charge in [-0.25, -0.2) is 0 Å². The summed E-state index contributed by atoms with van der Waals surface area (Å²) in [6.07, 6.45) is -0.210. The molecule has 0 aliphatic rings. The van der Waals surface area contributed by atoms with Crippen LogP contribution in [0.1, 0.15) is 60.5 Å². The molecule has 0 N–H and O–H groups in total. The largest absolute Gasteiger partial charge is 0.573 e. The van der Waals surface area contributed by atoms with E-state index in [2.05, 4.69) is 47.6 Å². The molecule has 0 spiro atoms. The lowest BCUT2D eigenvalue weighted by Crippen LogP contribution is -2.31. The molecule has 1 rings (SSSR count). The van der Waals surface area contributed by atoms with Crippen LogP contribution in [0.2, 0.25) is 0 Å². The number of oxime groups is 1. The van der Waals surface area contributed by atoms with Gasteiger partial charge in [0.05, 0.1) is 6.54 Å². The molecule has 0 bridgehead atoms. The average Bonchev–Trinajstić information content (AvgIpc) is 2.82. The van der Waals surface area contributed by atoms with Crippen molar-refractivity contribution in [3.63, 3.8) is 0 Å². The Hall–Kier alpha value is -3.41. The zero-order chi connectivity index (χ0) is 27.1. The Labute approximate surface area is 212 Å². The number of rotatable bonds is 12. The summed E-state index contributed by atoms with van der Waals surface area (Å²) in [7, 11) is 0. The molecule has 0 atom stereocenters. The zero-order valence-corrected chi connectivity index (χ0v) is 22.1. The highest BCUT2D eigenvalue weighted by atomic mass is 19.4. The number of benzene rings is 1. The van der Waals surface area contributed by atoms with Crippen molar-refractivity contribution in [3.05, 3.63) is 47.6 Å². The van der Waals surface area contributed by atoms with Gasteiger partial charge < -0.3 is 14.3 Å². The molecule has 0 aliphatic carbocycles. The predicted molar refractivity (Wildman–Crippen MR) is 139 cm³/mol. The molecule has 0 saturated carbocycles. The summed E-state index contributed by atoms with van der Waals surface area (Å²) in [6, 6.07) is 5.85. The van der Waals surface area contributed by atoms with Crippen molar-refractivity contribution in [2.24, 2.45) is 10.3 Å². The molecule has 1 aromatic rings. The normalized spacial score (nSPS) is 13.3. The number of allylic oxidation sites excluding steroid dienone is 3. The molecule has 0 fully saturated rings. The summed E-state index contributed by atoms with van der Waals surface area (Å²) in [4.78, 5) is 5.29. The van der Waals surface area contributed by atoms with Crippen LogP contribution < -0.4 is 4.74 Å². The van der Waals surface area contributed by atoms with Crippen molar-refractivity contribution in [2.45, 2.75) is 67.3 Å². The van der Waals surface area contributed by atoms with Crippen molar-refractivity contribution in [1.29, 1.82) is 0 Å². The van der Waals surface area contributed by atoms with Gasteiger partial charge in [0, 0.05) is 17.3 Å². The number of nitrogens with zero attached hydrogens (tertiary/aromatic N) is 3. The van der Waals surface area contributed by atoms with E-state index < -0.39 is 6.36 Å². The molecule has 6 nitrogen and oxygen atoms in total. The Morgan fingerprint density at radius 3 is 2.36 bits per heavy atom. The Bertz CT molecular complexity index is 999. The molecule has 36 heavy (non-hydrogen) atoms. The molecule has 0 heterocycles. The highest BCUT2D eigenvalue weighted by Crippen LogP contribution is 2.26. The molecule has 0 saturated heterocycles. The maximum Gasteiger partial charge on any atom is 0.573 e. The molecule has 0 amide bonds. The third-order valence-corrected chi connectivity index (χ3v) is 4.87. The first-order valence-corrected chi connectivity index (χ1v) is 11.7. The Kier molecular flexibility index (Phi) is 13.2. The van der Waals surface area contributed by atoms with Gasteiger partial charge in [-0.05, 0) is 82.5 Å². The second-order valence-electron chi connectivity index (χ2n) is 8.03. The van der Waals surface area contributed by atoms with Gasteiger partial charge in [-0.3, -0.25) is 5.01 Å². The summed E-state index contributed by atoms with van der Waals surface area (Å²) < 4.78 is 47.3. The van der Waals surface area contributed by atoms with Gasteiger partial charge in [0.1, 0.15) is 12.4 Å². The van der Waals surface area contributed by atoms with E-state index in [1.165, 1.54) is 12.1 Å². The van der Waals surface area contributed by atoms with E-state index in [-0.39, 0.29) is 24.3 Å². The lowest BCUT2D eigenvalue weighted by molar-refractivity contribution is -0.274. The van der Waals surface area contributed by atoms with E-state index in [0.29, 0.717) is 24.3 Å². The van der Waals surface area contributed by atoms with Gasteiger partial charge in [-0.1, -0.05) is 31.1 Å². The first-order valence-electron chi connectivity index (χ1n) is 11.7. The highest BCUT2D eigenvalue weighted by Gasteiger charge is 2.31. The number of hydrogen-bond acceptors (Lipinski definition) is 6. The second-order valence-corrected chi connectivity index (χ2v) is 8.03. The van der Waals surface area contributed by atoms with E-state index in [0.717, 1.165) is 17.7 Å². The van der Waals surface area contributed by atoms with Crippen LogP contribution in [0.5, 0.6) is 5.75 Å². The van der Waals surface area contributed by atoms with Gasteiger partial charge >= 0.3 is 6.36 Å². The van der Waals surface area contributed by atoms with E-state index in [1.54, 1.807) is 19.1 Å². The number of hydrogen-bond donors (Lipinski definition) is 0. The van der Waals surface area contributed by atoms with Gasteiger partial charge in [0.2, 0.25) is 0 Å². The summed E-state index contributed by atoms with van der Waals surface area (Å²) in [5, 5.41) is 10.7. The van der Waals surface area contributed by atoms with Crippen molar-refractivity contribution >= 4 is 17.2 Å². The Balaban J connectivity index is 3.07. The summed E-state index contributed by atoms with van der Waals surface area (Å²) in [6.45, 7) is 14.5. The molecular formula is C27H36F3N3O3. The van der Waals surface area contributed by atoms with Crippen LogP contribution in [-0.2, 0) is 9.57 Å². The molecule has 1 aromatic carbocycles. The van der Waals surface area contributed by atoms with E-state index in [4.69, 9.17) is 9.57 Å². The summed E-state index contributed by atoms with van der Waals surface area (Å²) >= 11 is 0. The zero-order valence-electron chi connectivity index (χ0n) is 22.1. The van der Waals surface area contributed by atoms with Crippen molar-refractivity contribution in [2.75, 3.05) is 19.8 Å². The topological polar surface area (TPSA) is 55.7 Å². The number of ether oxygens (including phenoxy) is 2. The van der Waals surface area contributed by atoms with Crippen molar-refractivity contribution < 1.29 is 27.5 Å². The molecule has 0 aliphatic heterocycles. The van der Waals surface area contributed by atoms with Gasteiger partial charge in [-0.15, -0.1) is 19.1 Å². The quantitative estimate of drug-likeness (QED) is 0.0780. The first-order chi connectivity index (χ1) is 17.0. The molecular weight excluding hydrogens is 471 g/mol. The first kappa shape index (κ1) is 30.6. The minimum absolute atomic E-state index is 0.117. The minimum Gasteiger partial charge on any atom is -0.473 e. The van der Waals surface area contributed by atoms with E-state index >= 15 is 0 Å². The van der Waals surface area contributed by atoms with Crippen LogP contribution in [0.25, 0.3) is 5.57 Å². The Morgan fingerprint density at radius 2 is 1.83 bits per heavy atom. The smallest absolute Gasteiger partial charge is 0.473 e. The fourth-order valence-electron chi connectivity index (χ4n) is 2.83. The molecule has 0 radical (unpaired) electrons. The van der Waals surface area contributed by atoms with Crippen LogP contribution in [-0.4, -0.2) is 48.8 Å². The van der Waals surface area contributed by atoms with Gasteiger partial charge in [0.15, 0.2) is 6.61 Å². The predicted octanol–water partition coefficient (Wildman–Crippen LogP) is 6.80. The number of hydrazone groups is 1. The number of halogens is 3. The second kappa shape index (κ2) is 15.6. The standard InChI is InChI=1S/C27H36F3N3O3/c1-8-11-17-35-32-26(34-18-16-33(20(4)5)31-22(7)9-2)21(6)19-23(10-3)24-12-14-25(15-13-24)36-27(28,29)30/h10,12-15,19-20H,9,16-18H2,1-7H3/b21-19+,23-10+,31-22-,32-26+. The van der Waals surface area contributed by atoms with E-state index in [1.807, 2.05) is 37.9 Å². The van der Waals surface area contributed by atoms with Crippen LogP contribution in [0, 0.1) is 11.8 Å². The Morgan fingerprint density at radius 1 is 1.17 bits per heavy atom. The average molecular weight is 508 g/mol. The highest BCUT2D eigenvalue weighted by molar-refractivity contribution is 5.95. The molecule has 0 unspecified atom stereocenters. The monoisotopic (exact) mass is 507 g/mol. The summed E-state index contributed by atoms with van der Waals surface area (Å²) in [5.41, 5.74) is 3.17. The van der Waals surface area contributed by atoms with Gasteiger partial charge in [0.25, 0.3) is 5.90 Å². The molecule has 198 valence electrons. The van der Waals surface area contributed by atoms with Crippen LogP contribution in [0.4, 0.5) is 13.2 Å². The van der Waals surface area contributed by atoms with Crippen LogP contribution in [0.3, 0.4) is 0 Å². The van der Waals surface area contributed by atoms with Crippen molar-refractivity contribution in [3.8, 4) is 17.6 Å². The third-order valence-electron chi connectivity index (χ3n) is 4.87. The maximum atomic E-state index is 12.5.